The van der Waals surface area contributed by atoms with Gasteiger partial charge in [-0.15, -0.1) is 0 Å². The van der Waals surface area contributed by atoms with E-state index in [1.165, 1.54) is 19.3 Å². The molecular weight excluding hydrogens is 280 g/mol. The van der Waals surface area contributed by atoms with Gasteiger partial charge in [0.05, 0.1) is 12.2 Å². The molecule has 1 aromatic rings. The van der Waals surface area contributed by atoms with Crippen LogP contribution in [0.1, 0.15) is 56.8 Å². The van der Waals surface area contributed by atoms with Crippen LogP contribution in [0.4, 0.5) is 0 Å². The number of carbonyl (C=O) groups excluding carboxylic acids is 1. The Bertz CT molecular complexity index is 405. The molecular formula is C18H28O4. The normalized spacial score (nSPS) is 13.6. The van der Waals surface area contributed by atoms with Crippen LogP contribution in [-0.4, -0.2) is 25.3 Å². The number of hydrogen-bond donors (Lipinski definition) is 0. The monoisotopic (exact) mass is 308 g/mol. The molecule has 0 aliphatic heterocycles. The van der Waals surface area contributed by atoms with Gasteiger partial charge in [0, 0.05) is 6.61 Å². The molecule has 0 aliphatic carbocycles. The molecule has 0 saturated heterocycles. The van der Waals surface area contributed by atoms with Crippen LogP contribution in [0.2, 0.25) is 0 Å². The molecule has 124 valence electrons. The number of rotatable bonds is 11. The number of ether oxygens (including phenoxy) is 1. The predicted octanol–water partition coefficient (Wildman–Crippen LogP) is 4.40. The second kappa shape index (κ2) is 11.2. The molecule has 0 heterocycles. The zero-order valence-corrected chi connectivity index (χ0v) is 13.9. The summed E-state index contributed by atoms with van der Waals surface area (Å²) in [5, 5.41) is 0. The van der Waals surface area contributed by atoms with Crippen molar-refractivity contribution in [3.63, 3.8) is 0 Å². The van der Waals surface area contributed by atoms with Gasteiger partial charge in [-0.25, -0.2) is 4.79 Å². The molecule has 0 saturated carbocycles. The standard InChI is InChI=1S/C18H28O4/c1-4-6-10-16(5-2)14-20-13-15(3)21-22-18(19)17-11-8-7-9-12-17/h7-9,11-12,15-16H,4-6,10,13-14H2,1-3H3. The van der Waals surface area contributed by atoms with Gasteiger partial charge in [-0.05, 0) is 31.4 Å². The first kappa shape index (κ1) is 18.7. The molecule has 2 atom stereocenters. The molecule has 1 rings (SSSR count). The van der Waals surface area contributed by atoms with Crippen molar-refractivity contribution in [3.8, 4) is 0 Å². The Kier molecular flexibility index (Phi) is 9.51. The largest absolute Gasteiger partial charge is 0.378 e. The van der Waals surface area contributed by atoms with Gasteiger partial charge in [-0.2, -0.15) is 4.89 Å². The number of carbonyl (C=O) groups is 1. The number of hydrogen-bond acceptors (Lipinski definition) is 4. The van der Waals surface area contributed by atoms with Gasteiger partial charge in [0.15, 0.2) is 0 Å². The van der Waals surface area contributed by atoms with Crippen molar-refractivity contribution in [2.45, 2.75) is 52.6 Å². The minimum atomic E-state index is -0.484. The molecule has 1 aromatic carbocycles. The third kappa shape index (κ3) is 7.57. The van der Waals surface area contributed by atoms with E-state index in [4.69, 9.17) is 14.5 Å². The highest BCUT2D eigenvalue weighted by molar-refractivity contribution is 5.88. The Labute approximate surface area is 133 Å². The van der Waals surface area contributed by atoms with E-state index in [0.29, 0.717) is 18.1 Å². The maximum absolute atomic E-state index is 11.7. The van der Waals surface area contributed by atoms with Crippen LogP contribution < -0.4 is 0 Å². The van der Waals surface area contributed by atoms with Gasteiger partial charge in [-0.1, -0.05) is 51.3 Å². The van der Waals surface area contributed by atoms with E-state index in [9.17, 15) is 4.79 Å². The van der Waals surface area contributed by atoms with E-state index < -0.39 is 5.97 Å². The predicted molar refractivity (Wildman–Crippen MR) is 86.5 cm³/mol. The molecule has 0 N–H and O–H groups in total. The minimum absolute atomic E-state index is 0.281. The highest BCUT2D eigenvalue weighted by Gasteiger charge is 2.12. The summed E-state index contributed by atoms with van der Waals surface area (Å²) in [7, 11) is 0. The summed E-state index contributed by atoms with van der Waals surface area (Å²) in [5.41, 5.74) is 0.473. The van der Waals surface area contributed by atoms with Crippen molar-refractivity contribution >= 4 is 5.97 Å². The fraction of sp³-hybridized carbons (Fsp3) is 0.611. The zero-order chi connectivity index (χ0) is 16.2. The van der Waals surface area contributed by atoms with Crippen LogP contribution in [0.5, 0.6) is 0 Å². The van der Waals surface area contributed by atoms with Gasteiger partial charge in [-0.3, -0.25) is 4.89 Å². The molecule has 0 aromatic heterocycles. The van der Waals surface area contributed by atoms with Crippen LogP contribution >= 0.6 is 0 Å². The topological polar surface area (TPSA) is 44.8 Å². The summed E-state index contributed by atoms with van der Waals surface area (Å²) in [6, 6.07) is 8.78. The highest BCUT2D eigenvalue weighted by atomic mass is 17.2. The van der Waals surface area contributed by atoms with E-state index in [-0.39, 0.29) is 6.10 Å². The maximum atomic E-state index is 11.7. The molecule has 0 bridgehead atoms. The summed E-state index contributed by atoms with van der Waals surface area (Å²) in [6.07, 6.45) is 4.49. The fourth-order valence-electron chi connectivity index (χ4n) is 2.07. The van der Waals surface area contributed by atoms with Crippen LogP contribution in [0.25, 0.3) is 0 Å². The maximum Gasteiger partial charge on any atom is 0.373 e. The summed E-state index contributed by atoms with van der Waals surface area (Å²) < 4.78 is 5.67. The highest BCUT2D eigenvalue weighted by Crippen LogP contribution is 2.13. The summed E-state index contributed by atoms with van der Waals surface area (Å²) >= 11 is 0. The number of unbranched alkanes of at least 4 members (excludes halogenated alkanes) is 1. The number of benzene rings is 1. The lowest BCUT2D eigenvalue weighted by Gasteiger charge is -2.16. The van der Waals surface area contributed by atoms with Gasteiger partial charge in [0.2, 0.25) is 0 Å². The second-order valence-electron chi connectivity index (χ2n) is 5.60. The Hall–Kier alpha value is -1.39. The van der Waals surface area contributed by atoms with Crippen molar-refractivity contribution in [1.82, 2.24) is 0 Å². The fourth-order valence-corrected chi connectivity index (χ4v) is 2.07. The van der Waals surface area contributed by atoms with Gasteiger partial charge < -0.3 is 4.74 Å². The lowest BCUT2D eigenvalue weighted by Crippen LogP contribution is -2.21. The minimum Gasteiger partial charge on any atom is -0.378 e. The molecule has 4 heteroatoms. The SMILES string of the molecule is CCCCC(CC)COCC(C)OOC(=O)c1ccccc1. The molecule has 22 heavy (non-hydrogen) atoms. The Morgan fingerprint density at radius 3 is 2.50 bits per heavy atom. The summed E-state index contributed by atoms with van der Waals surface area (Å²) in [4.78, 5) is 21.6. The molecule has 0 spiro atoms. The van der Waals surface area contributed by atoms with Gasteiger partial charge in [0.25, 0.3) is 0 Å². The average Bonchev–Trinajstić information content (AvgIpc) is 2.56. The second-order valence-corrected chi connectivity index (χ2v) is 5.60. The van der Waals surface area contributed by atoms with Crippen molar-refractivity contribution < 1.29 is 19.3 Å². The van der Waals surface area contributed by atoms with Gasteiger partial charge >= 0.3 is 5.97 Å². The molecule has 0 radical (unpaired) electrons. The van der Waals surface area contributed by atoms with E-state index in [1.54, 1.807) is 24.3 Å². The quantitative estimate of drug-likeness (QED) is 0.449. The van der Waals surface area contributed by atoms with Crippen LogP contribution in [0.15, 0.2) is 30.3 Å². The smallest absolute Gasteiger partial charge is 0.373 e. The van der Waals surface area contributed by atoms with Crippen molar-refractivity contribution in [2.75, 3.05) is 13.2 Å². The summed E-state index contributed by atoms with van der Waals surface area (Å²) in [5.74, 6) is 0.112. The van der Waals surface area contributed by atoms with Crippen molar-refractivity contribution in [2.24, 2.45) is 5.92 Å². The average molecular weight is 308 g/mol. The first-order valence-electron chi connectivity index (χ1n) is 8.17. The third-order valence-electron chi connectivity index (χ3n) is 3.55. The van der Waals surface area contributed by atoms with E-state index in [1.807, 2.05) is 13.0 Å². The Morgan fingerprint density at radius 2 is 1.86 bits per heavy atom. The van der Waals surface area contributed by atoms with E-state index in [0.717, 1.165) is 13.0 Å². The first-order valence-corrected chi connectivity index (χ1v) is 8.17. The van der Waals surface area contributed by atoms with Crippen molar-refractivity contribution in [3.05, 3.63) is 35.9 Å². The van der Waals surface area contributed by atoms with Crippen LogP contribution in [0, 0.1) is 5.92 Å². The molecule has 0 amide bonds. The summed E-state index contributed by atoms with van der Waals surface area (Å²) in [6.45, 7) is 7.36. The molecule has 4 nitrogen and oxygen atoms in total. The third-order valence-corrected chi connectivity index (χ3v) is 3.55. The molecule has 2 unspecified atom stereocenters. The van der Waals surface area contributed by atoms with Crippen LogP contribution in [-0.2, 0) is 14.5 Å². The van der Waals surface area contributed by atoms with E-state index >= 15 is 0 Å². The Balaban J connectivity index is 2.18. The lowest BCUT2D eigenvalue weighted by molar-refractivity contribution is -0.278. The molecule has 0 fully saturated rings. The molecule has 0 aliphatic rings. The van der Waals surface area contributed by atoms with Gasteiger partial charge in [0.1, 0.15) is 6.10 Å². The first-order chi connectivity index (χ1) is 10.7. The van der Waals surface area contributed by atoms with Crippen LogP contribution in [0.3, 0.4) is 0 Å². The Morgan fingerprint density at radius 1 is 1.14 bits per heavy atom. The van der Waals surface area contributed by atoms with E-state index in [2.05, 4.69) is 13.8 Å². The lowest BCUT2D eigenvalue weighted by atomic mass is 10.0. The van der Waals surface area contributed by atoms with Crippen molar-refractivity contribution in [1.29, 1.82) is 0 Å². The zero-order valence-electron chi connectivity index (χ0n) is 13.9.